The van der Waals surface area contributed by atoms with E-state index in [1.54, 1.807) is 37.5 Å². The molecule has 0 saturated heterocycles. The van der Waals surface area contributed by atoms with E-state index < -0.39 is 9.84 Å². The largest absolute Gasteiger partial charge is 0.497 e. The van der Waals surface area contributed by atoms with Gasteiger partial charge in [-0.05, 0) is 66.8 Å². The molecule has 1 aromatic heterocycles. The number of anilines is 1. The first kappa shape index (κ1) is 24.2. The third-order valence-electron chi connectivity index (χ3n) is 5.97. The van der Waals surface area contributed by atoms with Crippen LogP contribution >= 0.6 is 11.3 Å². The van der Waals surface area contributed by atoms with Crippen molar-refractivity contribution in [2.75, 3.05) is 18.2 Å². The minimum absolute atomic E-state index is 0.219. The quantitative estimate of drug-likeness (QED) is 0.397. The van der Waals surface area contributed by atoms with Crippen molar-refractivity contribution in [1.82, 2.24) is 4.98 Å². The van der Waals surface area contributed by atoms with Crippen molar-refractivity contribution in [2.45, 2.75) is 37.0 Å². The van der Waals surface area contributed by atoms with Crippen molar-refractivity contribution in [1.29, 1.82) is 0 Å². The molecule has 0 atom stereocenters. The Morgan fingerprint density at radius 3 is 2.47 bits per heavy atom. The summed E-state index contributed by atoms with van der Waals surface area (Å²) >= 11 is 1.35. The average molecular weight is 497 g/mol. The molecule has 1 heterocycles. The van der Waals surface area contributed by atoms with Crippen molar-refractivity contribution >= 4 is 38.3 Å². The zero-order chi connectivity index (χ0) is 24.0. The number of aromatic nitrogens is 1. The molecule has 0 bridgehead atoms. The molecule has 2 aromatic carbocycles. The molecule has 0 unspecified atom stereocenters. The zero-order valence-corrected chi connectivity index (χ0v) is 20.7. The fraction of sp³-hybridized carbons (Fsp3) is 0.308. The molecule has 4 rings (SSSR count). The summed E-state index contributed by atoms with van der Waals surface area (Å²) in [6.45, 7) is 0. The van der Waals surface area contributed by atoms with Gasteiger partial charge >= 0.3 is 0 Å². The van der Waals surface area contributed by atoms with E-state index in [9.17, 15) is 13.2 Å². The summed E-state index contributed by atoms with van der Waals surface area (Å²) in [5.41, 5.74) is 2.47. The van der Waals surface area contributed by atoms with Crippen LogP contribution in [-0.4, -0.2) is 32.2 Å². The number of carbonyl (C=O) groups excluding carboxylic acids is 1. The molecule has 1 N–H and O–H groups in total. The molecule has 1 fully saturated rings. The lowest BCUT2D eigenvalue weighted by Gasteiger charge is -2.21. The van der Waals surface area contributed by atoms with Crippen LogP contribution in [0.3, 0.4) is 0 Å². The van der Waals surface area contributed by atoms with Crippen LogP contribution in [0.25, 0.3) is 17.3 Å². The summed E-state index contributed by atoms with van der Waals surface area (Å²) in [6.07, 6.45) is 8.51. The number of nitrogens with zero attached hydrogens (tertiary/aromatic N) is 1. The molecule has 0 spiro atoms. The first-order chi connectivity index (χ1) is 16.4. The van der Waals surface area contributed by atoms with Gasteiger partial charge in [-0.15, -0.1) is 11.3 Å². The summed E-state index contributed by atoms with van der Waals surface area (Å²) in [4.78, 5) is 17.1. The number of hydrogen-bond donors (Lipinski definition) is 1. The van der Waals surface area contributed by atoms with Gasteiger partial charge in [0.2, 0.25) is 5.91 Å². The van der Waals surface area contributed by atoms with Crippen molar-refractivity contribution in [2.24, 2.45) is 5.92 Å². The summed E-state index contributed by atoms with van der Waals surface area (Å²) in [5.74, 6) is 0.951. The van der Waals surface area contributed by atoms with E-state index in [2.05, 4.69) is 10.3 Å². The number of carbonyl (C=O) groups is 1. The third kappa shape index (κ3) is 6.33. The summed E-state index contributed by atoms with van der Waals surface area (Å²) < 4.78 is 30.6. The third-order valence-corrected chi connectivity index (χ3v) is 8.62. The van der Waals surface area contributed by atoms with Gasteiger partial charge in [-0.2, -0.15) is 0 Å². The van der Waals surface area contributed by atoms with Gasteiger partial charge < -0.3 is 4.74 Å². The molecule has 0 radical (unpaired) electrons. The highest BCUT2D eigenvalue weighted by atomic mass is 32.2. The predicted octanol–water partition coefficient (Wildman–Crippen LogP) is 5.82. The molecule has 0 aliphatic heterocycles. The maximum absolute atomic E-state index is 12.7. The molecule has 6 nitrogen and oxygen atoms in total. The summed E-state index contributed by atoms with van der Waals surface area (Å²) in [5, 5.41) is 5.15. The van der Waals surface area contributed by atoms with Gasteiger partial charge in [0.25, 0.3) is 0 Å². The van der Waals surface area contributed by atoms with Crippen LogP contribution in [0.1, 0.15) is 37.7 Å². The lowest BCUT2D eigenvalue weighted by atomic mass is 9.91. The van der Waals surface area contributed by atoms with Gasteiger partial charge in [0.1, 0.15) is 5.75 Å². The molecule has 3 aromatic rings. The molecular formula is C26H28N2O4S2. The molecule has 8 heteroatoms. The Labute approximate surface area is 204 Å². The van der Waals surface area contributed by atoms with Crippen molar-refractivity contribution in [3.8, 4) is 17.0 Å². The highest BCUT2D eigenvalue weighted by molar-refractivity contribution is 7.91. The normalized spacial score (nSPS) is 14.9. The van der Waals surface area contributed by atoms with Crippen molar-refractivity contribution < 1.29 is 17.9 Å². The van der Waals surface area contributed by atoms with E-state index in [1.807, 2.05) is 29.6 Å². The van der Waals surface area contributed by atoms with Crippen LogP contribution in [0, 0.1) is 5.92 Å². The smallest absolute Gasteiger partial charge is 0.250 e. The van der Waals surface area contributed by atoms with E-state index in [1.165, 1.54) is 23.8 Å². The first-order valence-electron chi connectivity index (χ1n) is 11.3. The molecule has 1 aliphatic carbocycles. The minimum atomic E-state index is -3.29. The van der Waals surface area contributed by atoms with E-state index in [0.717, 1.165) is 48.3 Å². The molecule has 1 amide bonds. The number of nitrogens with one attached hydrogen (secondary N) is 1. The summed E-state index contributed by atoms with van der Waals surface area (Å²) in [7, 11) is -1.67. The van der Waals surface area contributed by atoms with Crippen LogP contribution in [-0.2, 0) is 14.6 Å². The van der Waals surface area contributed by atoms with Gasteiger partial charge in [-0.1, -0.05) is 31.4 Å². The van der Waals surface area contributed by atoms with E-state index in [-0.39, 0.29) is 17.6 Å². The molecule has 34 heavy (non-hydrogen) atoms. The standard InChI is InChI=1S/C26H28N2O4S2/c1-32-22-12-10-21(11-13-22)24-17-33-26(27-24)28-25(29)16-9-19-7-14-23(15-8-19)34(30,31)18-20-5-3-2-4-6-20/h7-17,20H,2-6,18H2,1H3,(H,27,28,29)/b16-9+. The number of ether oxygens (including phenoxy) is 1. The lowest BCUT2D eigenvalue weighted by Crippen LogP contribution is -2.18. The number of hydrogen-bond acceptors (Lipinski definition) is 6. The minimum Gasteiger partial charge on any atom is -0.497 e. The second-order valence-electron chi connectivity index (χ2n) is 8.44. The van der Waals surface area contributed by atoms with Gasteiger partial charge in [0.05, 0.1) is 23.5 Å². The maximum atomic E-state index is 12.7. The molecule has 1 saturated carbocycles. The number of methoxy groups -OCH3 is 1. The fourth-order valence-corrected chi connectivity index (χ4v) is 6.51. The number of rotatable bonds is 8. The highest BCUT2D eigenvalue weighted by Crippen LogP contribution is 2.28. The Morgan fingerprint density at radius 2 is 1.79 bits per heavy atom. The van der Waals surface area contributed by atoms with Crippen LogP contribution in [0.15, 0.2) is 64.9 Å². The predicted molar refractivity (Wildman–Crippen MR) is 137 cm³/mol. The van der Waals surface area contributed by atoms with Crippen molar-refractivity contribution in [3.05, 3.63) is 65.6 Å². The van der Waals surface area contributed by atoms with Crippen LogP contribution in [0.2, 0.25) is 0 Å². The fourth-order valence-electron chi connectivity index (χ4n) is 4.09. The van der Waals surface area contributed by atoms with Crippen molar-refractivity contribution in [3.63, 3.8) is 0 Å². The van der Waals surface area contributed by atoms with E-state index >= 15 is 0 Å². The molecular weight excluding hydrogens is 468 g/mol. The van der Waals surface area contributed by atoms with Gasteiger partial charge in [0.15, 0.2) is 15.0 Å². The number of amides is 1. The van der Waals surface area contributed by atoms with Crippen LogP contribution in [0.4, 0.5) is 5.13 Å². The second-order valence-corrected chi connectivity index (χ2v) is 11.3. The second kappa shape index (κ2) is 11.0. The Hall–Kier alpha value is -2.97. The lowest BCUT2D eigenvalue weighted by molar-refractivity contribution is -0.111. The van der Waals surface area contributed by atoms with Gasteiger partial charge in [-0.3, -0.25) is 10.1 Å². The first-order valence-corrected chi connectivity index (χ1v) is 13.9. The van der Waals surface area contributed by atoms with Crippen LogP contribution in [0.5, 0.6) is 5.75 Å². The number of benzene rings is 2. The monoisotopic (exact) mass is 496 g/mol. The SMILES string of the molecule is COc1ccc(-c2csc(NC(=O)/C=C/c3ccc(S(=O)(=O)CC4CCCCC4)cc3)n2)cc1. The summed E-state index contributed by atoms with van der Waals surface area (Å²) in [6, 6.07) is 14.3. The molecule has 1 aliphatic rings. The van der Waals surface area contributed by atoms with E-state index in [4.69, 9.17) is 4.74 Å². The topological polar surface area (TPSA) is 85.4 Å². The van der Waals surface area contributed by atoms with Crippen LogP contribution < -0.4 is 10.1 Å². The Bertz CT molecular complexity index is 1240. The Balaban J connectivity index is 1.33. The zero-order valence-electron chi connectivity index (χ0n) is 19.1. The average Bonchev–Trinajstić information content (AvgIpc) is 3.32. The van der Waals surface area contributed by atoms with E-state index in [0.29, 0.717) is 10.0 Å². The van der Waals surface area contributed by atoms with Gasteiger partial charge in [0, 0.05) is 17.0 Å². The highest BCUT2D eigenvalue weighted by Gasteiger charge is 2.22. The number of thiazole rings is 1. The Kier molecular flexibility index (Phi) is 7.80. The molecule has 178 valence electrons. The maximum Gasteiger partial charge on any atom is 0.250 e. The Morgan fingerprint density at radius 1 is 1.09 bits per heavy atom. The number of sulfone groups is 1. The van der Waals surface area contributed by atoms with Gasteiger partial charge in [-0.25, -0.2) is 13.4 Å².